The summed E-state index contributed by atoms with van der Waals surface area (Å²) < 4.78 is 34.8. The van der Waals surface area contributed by atoms with Gasteiger partial charge in [0.1, 0.15) is 6.61 Å². The van der Waals surface area contributed by atoms with Gasteiger partial charge < -0.3 is 38.4 Å². The van der Waals surface area contributed by atoms with Crippen LogP contribution in [-0.2, 0) is 13.6 Å². The third-order valence-corrected chi connectivity index (χ3v) is 16.8. The number of non-ortho nitro benzene ring substituents is 2. The molecule has 452 valence electrons. The van der Waals surface area contributed by atoms with E-state index in [1.165, 1.54) is 19.5 Å². The van der Waals surface area contributed by atoms with E-state index in [9.17, 15) is 25.3 Å². The Morgan fingerprint density at radius 3 is 1.50 bits per heavy atom. The molecule has 0 aliphatic rings. The third kappa shape index (κ3) is 22.4. The number of hydrogen-bond acceptors (Lipinski definition) is 18. The number of nitriles is 1. The number of halogens is 1. The van der Waals surface area contributed by atoms with Gasteiger partial charge in [-0.25, -0.2) is 15.9 Å². The summed E-state index contributed by atoms with van der Waals surface area (Å²) in [4.78, 5) is 29.2. The summed E-state index contributed by atoms with van der Waals surface area (Å²) in [5.74, 6) is 0. The fourth-order valence-corrected chi connectivity index (χ4v) is 12.6. The third-order valence-electron chi connectivity index (χ3n) is 12.2. The first-order chi connectivity index (χ1) is 41.4. The van der Waals surface area contributed by atoms with E-state index >= 15 is 0 Å². The largest absolute Gasteiger partial charge is 0.395 e. The number of nitro benzene ring substituents is 2. The molecule has 21 nitrogen and oxygen atoms in total. The van der Waals surface area contributed by atoms with E-state index < -0.39 is 26.0 Å². The Hall–Kier alpha value is -6.71. The molecule has 0 radical (unpaired) electrons. The van der Waals surface area contributed by atoms with Gasteiger partial charge in [-0.15, -0.1) is 10.2 Å². The molecule has 0 saturated heterocycles. The van der Waals surface area contributed by atoms with Gasteiger partial charge >= 0.3 is 0 Å². The van der Waals surface area contributed by atoms with Crippen molar-refractivity contribution >= 4 is 94.5 Å². The monoisotopic (exact) mass is 1210 g/mol. The zero-order valence-corrected chi connectivity index (χ0v) is 52.2. The topological polar surface area (TPSA) is 245 Å². The maximum Gasteiger partial charge on any atom is 0.277 e. The molecule has 2 unspecified atom stereocenters. The van der Waals surface area contributed by atoms with Gasteiger partial charge in [-0.05, 0) is 146 Å². The van der Waals surface area contributed by atoms with Crippen molar-refractivity contribution in [3.63, 3.8) is 0 Å². The number of rotatable bonds is 31. The van der Waals surface area contributed by atoms with Crippen molar-refractivity contribution in [3.8, 4) is 6.07 Å². The first kappa shape index (κ1) is 68.1. The van der Waals surface area contributed by atoms with E-state index in [2.05, 4.69) is 118 Å². The average Bonchev–Trinajstić information content (AvgIpc) is 1.82. The fraction of sp³-hybridized carbons (Fsp3) is 0.433. The second-order valence-electron chi connectivity index (χ2n) is 19.5. The molecule has 6 rings (SSSR count). The Balaban J connectivity index is 0.000000376. The maximum absolute atomic E-state index is 11.4. The molecule has 2 N–H and O–H groups in total. The zero-order valence-electron chi connectivity index (χ0n) is 51.7. The maximum atomic E-state index is 11.4. The van der Waals surface area contributed by atoms with Crippen LogP contribution in [0.4, 0.5) is 45.5 Å². The van der Waals surface area contributed by atoms with Crippen molar-refractivity contribution in [1.29, 1.82) is 6.69 Å². The Morgan fingerprint density at radius 1 is 0.655 bits per heavy atom. The van der Waals surface area contributed by atoms with Crippen LogP contribution in [0.2, 0.25) is 0 Å². The lowest BCUT2D eigenvalue weighted by Gasteiger charge is -2.36. The second-order valence-corrected chi connectivity index (χ2v) is 23.0. The van der Waals surface area contributed by atoms with Crippen molar-refractivity contribution in [2.24, 2.45) is 20.5 Å². The highest BCUT2D eigenvalue weighted by molar-refractivity contribution is 7.78. The molecule has 6 aromatic carbocycles. The summed E-state index contributed by atoms with van der Waals surface area (Å²) in [5.41, 5.74) is 4.43. The normalized spacial score (nSPS) is 12.3. The number of aliphatic hydroxyl groups excluding tert-OH is 2. The minimum absolute atomic E-state index is 0.0250. The molecule has 0 bridgehead atoms. The van der Waals surface area contributed by atoms with E-state index in [-0.39, 0.29) is 36.7 Å². The number of azo groups is 2. The zero-order chi connectivity index (χ0) is 63.6. The highest BCUT2D eigenvalue weighted by Crippen LogP contribution is 2.49. The van der Waals surface area contributed by atoms with E-state index in [0.717, 1.165) is 24.3 Å². The van der Waals surface area contributed by atoms with Crippen LogP contribution < -0.4 is 9.80 Å². The Labute approximate surface area is 505 Å². The van der Waals surface area contributed by atoms with Gasteiger partial charge in [-0.2, -0.15) is 15.5 Å². The standard InChI is InChI=1S/C29H37N6O5P.C21H22N4O3.C9H18ClN2OP.CH4/c1-22(2)34(23(3)4)41(39-20-7-16-30)40-21-18-33(17-19-36)25-12-10-24(11-13-25)31-32-28-14-15-29(35(37)38)27-9-6-5-8-26(27)28;1-2-13-24(14-15-26)17-9-7-16(8-10-17)22-23-20-11-12-21(25(27)28)19-6-4-3-5-18(19)20;1-8(2)12(9(3)4)14(10)13-7-6-11-5;/h5-6,8-15,22-23,36H,7,17-21H2,1-4H3;3-12,26H,2,13-15H2,1H3;8-9H,6-7H2,1-4H3;1H4/i36D;;;1T. The molecular weight excluding hydrogens is 1130 g/mol. The molecule has 84 heavy (non-hydrogen) atoms. The average molecular weight is 1210 g/mol. The lowest BCUT2D eigenvalue weighted by molar-refractivity contribution is -0.383. The summed E-state index contributed by atoms with van der Waals surface area (Å²) >= 11 is 6.14. The van der Waals surface area contributed by atoms with E-state index in [1.807, 2.05) is 60.7 Å². The fourth-order valence-electron chi connectivity index (χ4n) is 8.68. The van der Waals surface area contributed by atoms with Crippen LogP contribution in [0.15, 0.2) is 142 Å². The predicted molar refractivity (Wildman–Crippen MR) is 342 cm³/mol. The number of nitro groups is 2. The van der Waals surface area contributed by atoms with Crippen LogP contribution in [0.25, 0.3) is 26.4 Å². The molecule has 0 saturated carbocycles. The molecule has 0 aromatic heterocycles. The first-order valence-corrected chi connectivity index (χ1v) is 30.6. The molecule has 2 atom stereocenters. The van der Waals surface area contributed by atoms with Crippen LogP contribution in [0, 0.1) is 38.1 Å². The highest BCUT2D eigenvalue weighted by Gasteiger charge is 2.28. The Kier molecular flexibility index (Phi) is 31.0. The molecule has 0 amide bonds. The minimum atomic E-state index is -1.36. The predicted octanol–water partition coefficient (Wildman–Crippen LogP) is 16.8. The highest BCUT2D eigenvalue weighted by atomic mass is 35.7. The number of fused-ring (bicyclic) bond motifs is 2. The minimum Gasteiger partial charge on any atom is -0.395 e. The summed E-state index contributed by atoms with van der Waals surface area (Å²) in [7, 11) is -1.18. The van der Waals surface area contributed by atoms with Gasteiger partial charge in [0.25, 0.3) is 19.9 Å². The molecule has 0 fully saturated rings. The van der Waals surface area contributed by atoms with E-state index in [1.54, 1.807) is 48.5 Å². The number of benzene rings is 6. The quantitative estimate of drug-likeness (QED) is 0.0103. The molecular formula is C60H81ClN12O9P2. The van der Waals surface area contributed by atoms with Gasteiger partial charge in [0.2, 0.25) is 15.6 Å². The van der Waals surface area contributed by atoms with Crippen molar-refractivity contribution in [2.45, 2.75) is 107 Å². The van der Waals surface area contributed by atoms with Crippen LogP contribution in [0.1, 0.15) is 83.9 Å². The lowest BCUT2D eigenvalue weighted by Crippen LogP contribution is -2.35. The van der Waals surface area contributed by atoms with Crippen LogP contribution >= 0.6 is 27.4 Å². The smallest absolute Gasteiger partial charge is 0.277 e. The first-order valence-electron chi connectivity index (χ1n) is 28.8. The summed E-state index contributed by atoms with van der Waals surface area (Å²) in [6.45, 7) is 29.7. The number of hydrogen-bond donors (Lipinski definition) is 2. The summed E-state index contributed by atoms with van der Waals surface area (Å²) in [5, 5.41) is 65.0. The van der Waals surface area contributed by atoms with Crippen LogP contribution in [-0.4, -0.2) is 121 Å². The van der Waals surface area contributed by atoms with Crippen molar-refractivity contribution in [2.75, 3.05) is 75.6 Å². The molecule has 24 heteroatoms. The van der Waals surface area contributed by atoms with E-state index in [0.29, 0.717) is 109 Å². The van der Waals surface area contributed by atoms with Gasteiger partial charge in [0.05, 0.1) is 82.3 Å². The molecule has 0 spiro atoms. The number of nitrogens with zero attached hydrogens (tertiary/aromatic N) is 12. The van der Waals surface area contributed by atoms with Crippen LogP contribution in [0.5, 0.6) is 0 Å². The van der Waals surface area contributed by atoms with Gasteiger partial charge in [-0.1, -0.05) is 50.7 Å². The Morgan fingerprint density at radius 2 is 1.10 bits per heavy atom. The summed E-state index contributed by atoms with van der Waals surface area (Å²) in [6, 6.07) is 38.6. The Bertz CT molecular complexity index is 3100. The molecule has 0 aliphatic heterocycles. The molecule has 0 aliphatic carbocycles. The van der Waals surface area contributed by atoms with E-state index in [4.69, 9.17) is 39.4 Å². The number of anilines is 2. The number of aliphatic hydroxyl groups is 2. The van der Waals surface area contributed by atoms with Gasteiger partial charge in [-0.3, -0.25) is 20.2 Å². The lowest BCUT2D eigenvalue weighted by atomic mass is 10.1. The molecule has 0 heterocycles. The summed E-state index contributed by atoms with van der Waals surface area (Å²) in [6.07, 6.45) is 1.29. The van der Waals surface area contributed by atoms with Gasteiger partial charge in [0, 0.05) is 86.0 Å². The molecule has 6 aromatic rings. The van der Waals surface area contributed by atoms with Crippen molar-refractivity contribution in [1.82, 2.24) is 9.34 Å². The second kappa shape index (κ2) is 38.3. The van der Waals surface area contributed by atoms with Crippen molar-refractivity contribution < 1.29 is 35.0 Å². The van der Waals surface area contributed by atoms with Gasteiger partial charge in [0.15, 0.2) is 0 Å². The SMILES string of the molecule is CCCN(CCO)c1ccc(N=Nc2ccc([N+](=O)[O-])c3ccccc23)cc1.[2H]OCCN(CCOP(OCCC#N)N(C(C)C)C(C)C)c1ccc(N=Nc2ccc([N+](=O)[O-])c3ccccc23)cc1.[3H]C.[C-]#[N+]CCOP(Cl)N(C(C)C)C(C)C. The van der Waals surface area contributed by atoms with Crippen LogP contribution in [0.3, 0.4) is 0 Å². The van der Waals surface area contributed by atoms with Crippen molar-refractivity contribution in [3.05, 3.63) is 153 Å².